The zero-order chi connectivity index (χ0) is 28.7. The number of aliphatic imine (C=N–C) groups is 2. The molecule has 0 aliphatic carbocycles. The standard InChI is InChI=1S/C34H34N4O2/c1-33(2,3)23-13-9-11-21(31(23)39)19-35-27-17-29-30(38-26-16-8-7-15-25(26)37-29)18-28(27)36-20-22-12-10-14-24(32(22)40)34(4,5)6/h7-20,39-40H,1-6H3. The first-order valence-electron chi connectivity index (χ1n) is 13.4. The molecule has 6 heteroatoms. The Morgan fingerprint density at radius 3 is 1.32 bits per heavy atom. The fourth-order valence-electron chi connectivity index (χ4n) is 4.67. The minimum atomic E-state index is -0.216. The van der Waals surface area contributed by atoms with Crippen molar-refractivity contribution in [1.82, 2.24) is 9.97 Å². The van der Waals surface area contributed by atoms with Gasteiger partial charge in [0.15, 0.2) is 0 Å². The number of benzene rings is 4. The minimum absolute atomic E-state index is 0.208. The summed E-state index contributed by atoms with van der Waals surface area (Å²) in [6.45, 7) is 12.4. The van der Waals surface area contributed by atoms with Crippen LogP contribution in [0.1, 0.15) is 63.8 Å². The summed E-state index contributed by atoms with van der Waals surface area (Å²) in [6.07, 6.45) is 3.30. The Morgan fingerprint density at radius 1 is 0.550 bits per heavy atom. The molecule has 0 unspecified atom stereocenters. The van der Waals surface area contributed by atoms with Gasteiger partial charge in [0.2, 0.25) is 0 Å². The van der Waals surface area contributed by atoms with Crippen molar-refractivity contribution in [2.24, 2.45) is 9.98 Å². The van der Waals surface area contributed by atoms with Crippen molar-refractivity contribution in [2.45, 2.75) is 52.4 Å². The molecule has 0 saturated carbocycles. The molecule has 0 radical (unpaired) electrons. The predicted molar refractivity (Wildman–Crippen MR) is 165 cm³/mol. The predicted octanol–water partition coefficient (Wildman–Crippen LogP) is 8.29. The minimum Gasteiger partial charge on any atom is -0.507 e. The zero-order valence-corrected chi connectivity index (χ0v) is 23.8. The van der Waals surface area contributed by atoms with Gasteiger partial charge in [0.05, 0.1) is 33.4 Å². The van der Waals surface area contributed by atoms with E-state index in [1.165, 1.54) is 0 Å². The molecule has 5 rings (SSSR count). The van der Waals surface area contributed by atoms with Crippen LogP contribution < -0.4 is 0 Å². The lowest BCUT2D eigenvalue weighted by Crippen LogP contribution is -2.11. The second kappa shape index (κ2) is 10.2. The molecule has 0 fully saturated rings. The summed E-state index contributed by atoms with van der Waals surface area (Å²) in [4.78, 5) is 19.1. The largest absolute Gasteiger partial charge is 0.507 e. The molecule has 0 aliphatic rings. The van der Waals surface area contributed by atoms with Crippen LogP contribution in [0.5, 0.6) is 11.5 Å². The van der Waals surface area contributed by atoms with Crippen LogP contribution in [0.4, 0.5) is 11.4 Å². The zero-order valence-electron chi connectivity index (χ0n) is 23.8. The van der Waals surface area contributed by atoms with Crippen LogP contribution in [0.3, 0.4) is 0 Å². The Bertz CT molecular complexity index is 1660. The summed E-state index contributed by atoms with van der Waals surface area (Å²) in [7, 11) is 0. The van der Waals surface area contributed by atoms with Gasteiger partial charge in [-0.05, 0) is 58.4 Å². The second-order valence-corrected chi connectivity index (χ2v) is 12.0. The molecule has 0 spiro atoms. The third-order valence-corrected chi connectivity index (χ3v) is 6.87. The first kappa shape index (κ1) is 27.0. The Morgan fingerprint density at radius 2 is 0.950 bits per heavy atom. The smallest absolute Gasteiger partial charge is 0.128 e. The first-order valence-corrected chi connectivity index (χ1v) is 13.4. The van der Waals surface area contributed by atoms with E-state index in [0.29, 0.717) is 33.5 Å². The lowest BCUT2D eigenvalue weighted by atomic mass is 9.85. The first-order chi connectivity index (χ1) is 18.9. The van der Waals surface area contributed by atoms with Crippen LogP contribution in [-0.4, -0.2) is 32.6 Å². The van der Waals surface area contributed by atoms with E-state index >= 15 is 0 Å². The third kappa shape index (κ3) is 5.43. The van der Waals surface area contributed by atoms with Gasteiger partial charge in [0.25, 0.3) is 0 Å². The van der Waals surface area contributed by atoms with Crippen LogP contribution in [0.15, 0.2) is 82.8 Å². The maximum Gasteiger partial charge on any atom is 0.128 e. The van der Waals surface area contributed by atoms with Crippen molar-refractivity contribution >= 4 is 45.9 Å². The third-order valence-electron chi connectivity index (χ3n) is 6.87. The van der Waals surface area contributed by atoms with Crippen molar-refractivity contribution in [3.05, 3.63) is 95.1 Å². The summed E-state index contributed by atoms with van der Waals surface area (Å²) in [5.74, 6) is 0.415. The Kier molecular flexibility index (Phi) is 6.88. The van der Waals surface area contributed by atoms with Crippen LogP contribution in [0, 0.1) is 0 Å². The normalized spacial score (nSPS) is 12.8. The molecular weight excluding hydrogens is 496 g/mol. The summed E-state index contributed by atoms with van der Waals surface area (Å²) in [5.41, 5.74) is 6.59. The monoisotopic (exact) mass is 530 g/mol. The highest BCUT2D eigenvalue weighted by molar-refractivity contribution is 5.95. The van der Waals surface area contributed by atoms with Crippen LogP contribution in [0.2, 0.25) is 0 Å². The number of aromatic hydroxyl groups is 2. The Labute approximate surface area is 234 Å². The van der Waals surface area contributed by atoms with Crippen molar-refractivity contribution in [1.29, 1.82) is 0 Å². The van der Waals surface area contributed by atoms with Gasteiger partial charge in [-0.2, -0.15) is 0 Å². The van der Waals surface area contributed by atoms with Gasteiger partial charge in [-0.1, -0.05) is 77.9 Å². The van der Waals surface area contributed by atoms with E-state index in [9.17, 15) is 10.2 Å². The van der Waals surface area contributed by atoms with E-state index in [1.54, 1.807) is 12.4 Å². The van der Waals surface area contributed by atoms with E-state index in [0.717, 1.165) is 22.2 Å². The quantitative estimate of drug-likeness (QED) is 0.181. The molecule has 40 heavy (non-hydrogen) atoms. The van der Waals surface area contributed by atoms with Crippen molar-refractivity contribution < 1.29 is 10.2 Å². The molecule has 0 saturated heterocycles. The lowest BCUT2D eigenvalue weighted by molar-refractivity contribution is 0.445. The van der Waals surface area contributed by atoms with E-state index in [1.807, 2.05) is 72.8 Å². The fraction of sp³-hybridized carbons (Fsp3) is 0.235. The van der Waals surface area contributed by atoms with Crippen molar-refractivity contribution in [3.8, 4) is 11.5 Å². The number of para-hydroxylation sites is 4. The van der Waals surface area contributed by atoms with Crippen LogP contribution >= 0.6 is 0 Å². The number of nitrogens with zero attached hydrogens (tertiary/aromatic N) is 4. The summed E-state index contributed by atoms with van der Waals surface area (Å²) in [6, 6.07) is 22.8. The fourth-order valence-corrected chi connectivity index (χ4v) is 4.67. The van der Waals surface area contributed by atoms with Gasteiger partial charge < -0.3 is 10.2 Å². The molecule has 1 aromatic heterocycles. The second-order valence-electron chi connectivity index (χ2n) is 12.0. The Balaban J connectivity index is 1.65. The molecule has 2 N–H and O–H groups in total. The molecule has 0 bridgehead atoms. The van der Waals surface area contributed by atoms with Gasteiger partial charge in [-0.3, -0.25) is 9.98 Å². The molecule has 5 aromatic rings. The van der Waals surface area contributed by atoms with Crippen molar-refractivity contribution in [3.63, 3.8) is 0 Å². The van der Waals surface area contributed by atoms with E-state index < -0.39 is 0 Å². The van der Waals surface area contributed by atoms with Gasteiger partial charge in [-0.15, -0.1) is 0 Å². The molecular formula is C34H34N4O2. The molecule has 202 valence electrons. The highest BCUT2D eigenvalue weighted by atomic mass is 16.3. The average Bonchev–Trinajstić information content (AvgIpc) is 2.89. The molecule has 6 nitrogen and oxygen atoms in total. The summed E-state index contributed by atoms with van der Waals surface area (Å²) in [5, 5.41) is 21.9. The van der Waals surface area contributed by atoms with E-state index in [2.05, 4.69) is 41.5 Å². The van der Waals surface area contributed by atoms with Gasteiger partial charge in [0.1, 0.15) is 11.5 Å². The van der Waals surface area contributed by atoms with Gasteiger partial charge >= 0.3 is 0 Å². The number of phenolic OH excluding ortho intramolecular Hbond substituents is 2. The molecule has 0 amide bonds. The molecule has 1 heterocycles. The number of hydrogen-bond acceptors (Lipinski definition) is 6. The summed E-state index contributed by atoms with van der Waals surface area (Å²) >= 11 is 0. The van der Waals surface area contributed by atoms with E-state index in [4.69, 9.17) is 20.0 Å². The average molecular weight is 531 g/mol. The Hall–Kier alpha value is -4.58. The number of hydrogen-bond donors (Lipinski definition) is 2. The van der Waals surface area contributed by atoms with E-state index in [-0.39, 0.29) is 22.3 Å². The number of fused-ring (bicyclic) bond motifs is 2. The van der Waals surface area contributed by atoms with Gasteiger partial charge in [-0.25, -0.2) is 9.97 Å². The van der Waals surface area contributed by atoms with Crippen LogP contribution in [-0.2, 0) is 10.8 Å². The van der Waals surface area contributed by atoms with Crippen LogP contribution in [0.25, 0.3) is 22.1 Å². The highest BCUT2D eigenvalue weighted by Gasteiger charge is 2.20. The maximum atomic E-state index is 11.0. The maximum absolute atomic E-state index is 11.0. The SMILES string of the molecule is CC(C)(C)c1cccc(C=Nc2cc3nc4ccccc4nc3cc2N=Cc2cccc(C(C)(C)C)c2O)c1O. The van der Waals surface area contributed by atoms with Gasteiger partial charge in [0, 0.05) is 23.6 Å². The number of rotatable bonds is 4. The summed E-state index contributed by atoms with van der Waals surface area (Å²) < 4.78 is 0. The molecule has 0 atom stereocenters. The van der Waals surface area contributed by atoms with Crippen molar-refractivity contribution in [2.75, 3.05) is 0 Å². The molecule has 4 aromatic carbocycles. The number of aromatic nitrogens is 2. The topological polar surface area (TPSA) is 91.0 Å². The number of phenols is 2. The molecule has 0 aliphatic heterocycles. The lowest BCUT2D eigenvalue weighted by Gasteiger charge is -2.21. The highest BCUT2D eigenvalue weighted by Crippen LogP contribution is 2.36.